The lowest BCUT2D eigenvalue weighted by Crippen LogP contribution is -2.22. The van der Waals surface area contributed by atoms with Gasteiger partial charge in [-0.15, -0.1) is 0 Å². The van der Waals surface area contributed by atoms with Gasteiger partial charge in [0.1, 0.15) is 0 Å². The van der Waals surface area contributed by atoms with E-state index in [1.54, 1.807) is 0 Å². The maximum absolute atomic E-state index is 9.36. The average Bonchev–Trinajstić information content (AvgIpc) is 2.40. The fourth-order valence-corrected chi connectivity index (χ4v) is 2.98. The van der Waals surface area contributed by atoms with Crippen LogP contribution in [0.2, 0.25) is 0 Å². The zero-order valence-electron chi connectivity index (χ0n) is 8.95. The third-order valence-electron chi connectivity index (χ3n) is 3.96. The summed E-state index contributed by atoms with van der Waals surface area (Å²) in [6.45, 7) is 8.86. The molecule has 2 fully saturated rings. The third-order valence-corrected chi connectivity index (χ3v) is 3.96. The highest BCUT2D eigenvalue weighted by molar-refractivity contribution is 4.93. The van der Waals surface area contributed by atoms with Crippen molar-refractivity contribution in [3.8, 4) is 0 Å². The zero-order valence-corrected chi connectivity index (χ0v) is 8.95. The summed E-state index contributed by atoms with van der Waals surface area (Å²) in [4.78, 5) is 0. The van der Waals surface area contributed by atoms with Crippen LogP contribution in [0.25, 0.3) is 0 Å². The van der Waals surface area contributed by atoms with E-state index in [1.807, 2.05) is 0 Å². The van der Waals surface area contributed by atoms with Gasteiger partial charge in [0.05, 0.1) is 0 Å². The second-order valence-electron chi connectivity index (χ2n) is 5.93. The normalized spacial score (nSPS) is 41.1. The van der Waals surface area contributed by atoms with Crippen LogP contribution < -0.4 is 0 Å². The Kier molecular flexibility index (Phi) is 2.16. The van der Waals surface area contributed by atoms with Gasteiger partial charge in [0.25, 0.3) is 0 Å². The van der Waals surface area contributed by atoms with Crippen molar-refractivity contribution in [3.63, 3.8) is 0 Å². The molecule has 0 spiro atoms. The summed E-state index contributed by atoms with van der Waals surface area (Å²) in [6.07, 6.45) is 2.65. The molecule has 13 heavy (non-hydrogen) atoms. The minimum Gasteiger partial charge on any atom is -0.314 e. The number of rotatable bonds is 0. The summed E-state index contributed by atoms with van der Waals surface area (Å²) in [7, 11) is 0. The van der Waals surface area contributed by atoms with Crippen LogP contribution in [-0.2, 0) is 0 Å². The van der Waals surface area contributed by atoms with Crippen molar-refractivity contribution < 1.29 is 5.21 Å². The van der Waals surface area contributed by atoms with E-state index in [0.717, 1.165) is 30.8 Å². The molecule has 2 unspecified atom stereocenters. The van der Waals surface area contributed by atoms with Crippen LogP contribution in [0.4, 0.5) is 0 Å². The maximum Gasteiger partial charge on any atom is 0.0269 e. The van der Waals surface area contributed by atoms with Crippen molar-refractivity contribution >= 4 is 0 Å². The first-order valence-electron chi connectivity index (χ1n) is 5.40. The molecular weight excluding hydrogens is 162 g/mol. The molecule has 2 heteroatoms. The second-order valence-corrected chi connectivity index (χ2v) is 5.93. The first kappa shape index (κ1) is 9.47. The Bertz CT molecular complexity index is 183. The Balaban J connectivity index is 1.98. The minimum absolute atomic E-state index is 0.463. The molecular formula is C11H21NO. The molecule has 2 atom stereocenters. The molecule has 1 aliphatic carbocycles. The Morgan fingerprint density at radius 3 is 1.92 bits per heavy atom. The van der Waals surface area contributed by atoms with E-state index in [1.165, 1.54) is 17.9 Å². The lowest BCUT2D eigenvalue weighted by atomic mass is 9.79. The standard InChI is InChI=1S/C11H21NO/c1-11(2,3)10-4-8-6-12(13)7-9(8)5-10/h8-10,13H,4-7H2,1-3H3. The molecule has 0 aromatic heterocycles. The van der Waals surface area contributed by atoms with Gasteiger partial charge in [0, 0.05) is 13.1 Å². The second kappa shape index (κ2) is 2.96. The largest absolute Gasteiger partial charge is 0.314 e. The number of hydrogen-bond acceptors (Lipinski definition) is 2. The van der Waals surface area contributed by atoms with E-state index >= 15 is 0 Å². The van der Waals surface area contributed by atoms with Gasteiger partial charge in [-0.3, -0.25) is 0 Å². The fraction of sp³-hybridized carbons (Fsp3) is 1.00. The van der Waals surface area contributed by atoms with Crippen molar-refractivity contribution in [2.24, 2.45) is 23.2 Å². The topological polar surface area (TPSA) is 23.5 Å². The number of hydroxylamine groups is 2. The summed E-state index contributed by atoms with van der Waals surface area (Å²) < 4.78 is 0. The summed E-state index contributed by atoms with van der Waals surface area (Å²) in [5.41, 5.74) is 0.463. The number of nitrogens with zero attached hydrogens (tertiary/aromatic N) is 1. The minimum atomic E-state index is 0.463. The fourth-order valence-electron chi connectivity index (χ4n) is 2.98. The number of fused-ring (bicyclic) bond motifs is 1. The van der Waals surface area contributed by atoms with Crippen LogP contribution in [0.5, 0.6) is 0 Å². The molecule has 2 aliphatic rings. The molecule has 0 aromatic carbocycles. The molecule has 0 amide bonds. The molecule has 0 bridgehead atoms. The molecule has 1 saturated carbocycles. The van der Waals surface area contributed by atoms with Crippen LogP contribution in [0.3, 0.4) is 0 Å². The van der Waals surface area contributed by atoms with Gasteiger partial charge in [0.2, 0.25) is 0 Å². The van der Waals surface area contributed by atoms with Crippen LogP contribution in [0, 0.1) is 23.2 Å². The van der Waals surface area contributed by atoms with E-state index in [4.69, 9.17) is 0 Å². The Morgan fingerprint density at radius 2 is 1.54 bits per heavy atom. The summed E-state index contributed by atoms with van der Waals surface area (Å²) in [5.74, 6) is 2.42. The van der Waals surface area contributed by atoms with Gasteiger partial charge in [-0.05, 0) is 36.0 Å². The Labute approximate surface area is 80.9 Å². The maximum atomic E-state index is 9.36. The molecule has 1 N–H and O–H groups in total. The molecule has 2 nitrogen and oxygen atoms in total. The lowest BCUT2D eigenvalue weighted by Gasteiger charge is -2.28. The van der Waals surface area contributed by atoms with Crippen LogP contribution in [0.1, 0.15) is 33.6 Å². The van der Waals surface area contributed by atoms with E-state index in [2.05, 4.69) is 20.8 Å². The van der Waals surface area contributed by atoms with Gasteiger partial charge in [-0.25, -0.2) is 0 Å². The van der Waals surface area contributed by atoms with Gasteiger partial charge in [0.15, 0.2) is 0 Å². The molecule has 1 saturated heterocycles. The van der Waals surface area contributed by atoms with Crippen molar-refractivity contribution in [2.75, 3.05) is 13.1 Å². The monoisotopic (exact) mass is 183 g/mol. The van der Waals surface area contributed by atoms with Gasteiger partial charge >= 0.3 is 0 Å². The SMILES string of the molecule is CC(C)(C)C1CC2CN(O)CC2C1. The van der Waals surface area contributed by atoms with Crippen molar-refractivity contribution in [1.82, 2.24) is 5.06 Å². The quantitative estimate of drug-likeness (QED) is 0.623. The van der Waals surface area contributed by atoms with Gasteiger partial charge in [-0.2, -0.15) is 5.06 Å². The summed E-state index contributed by atoms with van der Waals surface area (Å²) in [5, 5.41) is 10.9. The van der Waals surface area contributed by atoms with Crippen LogP contribution >= 0.6 is 0 Å². The predicted octanol–water partition coefficient (Wildman–Crippen LogP) is 2.38. The lowest BCUT2D eigenvalue weighted by molar-refractivity contribution is -0.0770. The molecule has 1 aliphatic heterocycles. The third kappa shape index (κ3) is 1.75. The molecule has 0 radical (unpaired) electrons. The molecule has 76 valence electrons. The smallest absolute Gasteiger partial charge is 0.0269 e. The zero-order chi connectivity index (χ0) is 9.64. The van der Waals surface area contributed by atoms with Gasteiger partial charge in [-0.1, -0.05) is 20.8 Å². The van der Waals surface area contributed by atoms with E-state index in [9.17, 15) is 5.21 Å². The first-order valence-corrected chi connectivity index (χ1v) is 5.40. The predicted molar refractivity (Wildman–Crippen MR) is 52.5 cm³/mol. The molecule has 0 aromatic rings. The van der Waals surface area contributed by atoms with Crippen molar-refractivity contribution in [2.45, 2.75) is 33.6 Å². The Hall–Kier alpha value is -0.0800. The van der Waals surface area contributed by atoms with Crippen molar-refractivity contribution in [3.05, 3.63) is 0 Å². The van der Waals surface area contributed by atoms with Crippen LogP contribution in [0.15, 0.2) is 0 Å². The molecule has 2 rings (SSSR count). The first-order chi connectivity index (χ1) is 5.97. The summed E-state index contributed by atoms with van der Waals surface area (Å²) >= 11 is 0. The summed E-state index contributed by atoms with van der Waals surface area (Å²) in [6, 6.07) is 0. The highest BCUT2D eigenvalue weighted by Gasteiger charge is 2.43. The highest BCUT2D eigenvalue weighted by atomic mass is 16.5. The van der Waals surface area contributed by atoms with Gasteiger partial charge < -0.3 is 5.21 Å². The molecule has 1 heterocycles. The Morgan fingerprint density at radius 1 is 1.08 bits per heavy atom. The average molecular weight is 183 g/mol. The van der Waals surface area contributed by atoms with Crippen LogP contribution in [-0.4, -0.2) is 23.4 Å². The van der Waals surface area contributed by atoms with Crippen molar-refractivity contribution in [1.29, 1.82) is 0 Å². The van der Waals surface area contributed by atoms with E-state index in [0.29, 0.717) is 5.41 Å². The number of hydrogen-bond donors (Lipinski definition) is 1. The van der Waals surface area contributed by atoms with E-state index in [-0.39, 0.29) is 0 Å². The highest BCUT2D eigenvalue weighted by Crippen LogP contribution is 2.47. The van der Waals surface area contributed by atoms with E-state index < -0.39 is 0 Å².